The lowest BCUT2D eigenvalue weighted by Gasteiger charge is -2.44. The van der Waals surface area contributed by atoms with E-state index in [4.69, 9.17) is 9.53 Å². The number of carboxylic acid groups (broad SMARTS) is 1. The summed E-state index contributed by atoms with van der Waals surface area (Å²) in [6.45, 7) is 9.04. The van der Waals surface area contributed by atoms with E-state index in [-0.39, 0.29) is 23.6 Å². The van der Waals surface area contributed by atoms with E-state index in [9.17, 15) is 9.59 Å². The second-order valence-corrected chi connectivity index (χ2v) is 17.5. The van der Waals surface area contributed by atoms with Crippen molar-refractivity contribution >= 4 is 30.6 Å². The number of hydrogen-bond acceptors (Lipinski definition) is 3. The summed E-state index contributed by atoms with van der Waals surface area (Å²) in [6, 6.07) is 21.9. The van der Waals surface area contributed by atoms with E-state index in [1.165, 1.54) is 74.6 Å². The molecule has 2 rings (SSSR count). The zero-order valence-corrected chi connectivity index (χ0v) is 29.0. The summed E-state index contributed by atoms with van der Waals surface area (Å²) in [5, 5.41) is 13.7. The molecular formula is C38H59NO4Si. The summed E-state index contributed by atoms with van der Waals surface area (Å²) in [5.74, 6) is -1.19. The first kappa shape index (κ1) is 37.5. The van der Waals surface area contributed by atoms with E-state index in [0.29, 0.717) is 6.42 Å². The number of carbonyl (C=O) groups is 2. The molecule has 244 valence electrons. The van der Waals surface area contributed by atoms with Crippen LogP contribution in [0.3, 0.4) is 0 Å². The van der Waals surface area contributed by atoms with Gasteiger partial charge in [0.2, 0.25) is 5.91 Å². The van der Waals surface area contributed by atoms with Gasteiger partial charge in [0.1, 0.15) is 6.54 Å². The summed E-state index contributed by atoms with van der Waals surface area (Å²) >= 11 is 0. The van der Waals surface area contributed by atoms with E-state index in [1.807, 2.05) is 0 Å². The molecule has 0 heterocycles. The quantitative estimate of drug-likeness (QED) is 0.0741. The Bertz CT molecular complexity index is 1040. The van der Waals surface area contributed by atoms with Gasteiger partial charge < -0.3 is 14.8 Å². The van der Waals surface area contributed by atoms with Crippen LogP contribution in [0.2, 0.25) is 5.04 Å². The van der Waals surface area contributed by atoms with Gasteiger partial charge in [-0.2, -0.15) is 0 Å². The fraction of sp³-hybridized carbons (Fsp3) is 0.579. The van der Waals surface area contributed by atoms with Crippen molar-refractivity contribution in [3.05, 3.63) is 72.8 Å². The maximum Gasteiger partial charge on any atom is 0.322 e. The summed E-state index contributed by atoms with van der Waals surface area (Å²) < 4.78 is 7.23. The molecule has 0 aliphatic rings. The first-order valence-corrected chi connectivity index (χ1v) is 19.0. The number of carboxylic acids is 1. The topological polar surface area (TPSA) is 75.6 Å². The van der Waals surface area contributed by atoms with Crippen LogP contribution in [0, 0.1) is 0 Å². The fourth-order valence-corrected chi connectivity index (χ4v) is 10.8. The maximum atomic E-state index is 11.5. The highest BCUT2D eigenvalue weighted by Crippen LogP contribution is 2.38. The van der Waals surface area contributed by atoms with Gasteiger partial charge in [0.05, 0.1) is 0 Å². The van der Waals surface area contributed by atoms with Crippen LogP contribution in [0.15, 0.2) is 72.8 Å². The number of benzene rings is 2. The largest absolute Gasteiger partial charge is 0.480 e. The van der Waals surface area contributed by atoms with Gasteiger partial charge in [0.15, 0.2) is 0 Å². The van der Waals surface area contributed by atoms with Gasteiger partial charge >= 0.3 is 5.97 Å². The maximum absolute atomic E-state index is 11.5. The lowest BCUT2D eigenvalue weighted by Crippen LogP contribution is -2.67. The lowest BCUT2D eigenvalue weighted by molar-refractivity contribution is -0.137. The highest BCUT2D eigenvalue weighted by atomic mass is 28.4. The minimum absolute atomic E-state index is 0.0217. The van der Waals surface area contributed by atoms with Gasteiger partial charge in [0.25, 0.3) is 8.32 Å². The van der Waals surface area contributed by atoms with Gasteiger partial charge in [-0.15, -0.1) is 0 Å². The molecule has 0 spiro atoms. The van der Waals surface area contributed by atoms with Crippen LogP contribution in [-0.4, -0.2) is 37.9 Å². The van der Waals surface area contributed by atoms with Gasteiger partial charge in [-0.05, 0) is 54.4 Å². The summed E-state index contributed by atoms with van der Waals surface area (Å²) in [5.41, 5.74) is 0. The number of amides is 1. The minimum Gasteiger partial charge on any atom is -0.480 e. The monoisotopic (exact) mass is 621 g/mol. The molecule has 5 nitrogen and oxygen atoms in total. The van der Waals surface area contributed by atoms with Crippen LogP contribution >= 0.6 is 0 Å². The molecule has 0 saturated carbocycles. The number of rotatable bonds is 23. The Morgan fingerprint density at radius 2 is 1.20 bits per heavy atom. The third-order valence-electron chi connectivity index (χ3n) is 8.40. The molecule has 2 aromatic rings. The van der Waals surface area contributed by atoms with Gasteiger partial charge in [-0.1, -0.05) is 151 Å². The molecule has 6 heteroatoms. The zero-order valence-electron chi connectivity index (χ0n) is 28.0. The van der Waals surface area contributed by atoms with Crippen LogP contribution in [0.1, 0.15) is 124 Å². The molecule has 0 saturated heterocycles. The smallest absolute Gasteiger partial charge is 0.322 e. The Balaban J connectivity index is 1.56. The molecule has 1 amide bonds. The Labute approximate surface area is 269 Å². The van der Waals surface area contributed by atoms with Crippen LogP contribution in [-0.2, 0) is 14.0 Å². The second kappa shape index (κ2) is 21.1. The number of hydrogen-bond donors (Lipinski definition) is 2. The summed E-state index contributed by atoms with van der Waals surface area (Å²) in [4.78, 5) is 21.9. The Hall–Kier alpha value is -2.70. The van der Waals surface area contributed by atoms with Crippen molar-refractivity contribution in [2.45, 2.75) is 135 Å². The Kier molecular flexibility index (Phi) is 18.0. The predicted molar refractivity (Wildman–Crippen MR) is 187 cm³/mol. The second-order valence-electron chi connectivity index (χ2n) is 13.2. The summed E-state index contributed by atoms with van der Waals surface area (Å²) in [6.07, 6.45) is 21.8. The predicted octanol–water partition coefficient (Wildman–Crippen LogP) is 8.56. The SMILES string of the molecule is CC(CCCCCCCCCCCC/C=C\CCCC(=O)NCC(=O)O)O[Si](c1ccccc1)(c1ccccc1)C(C)(C)C. The van der Waals surface area contributed by atoms with Gasteiger partial charge in [0, 0.05) is 12.5 Å². The molecule has 0 radical (unpaired) electrons. The van der Waals surface area contributed by atoms with Crippen molar-refractivity contribution in [2.24, 2.45) is 0 Å². The molecule has 2 N–H and O–H groups in total. The molecule has 1 atom stereocenters. The third-order valence-corrected chi connectivity index (χ3v) is 13.6. The van der Waals surface area contributed by atoms with Crippen LogP contribution < -0.4 is 15.7 Å². The third kappa shape index (κ3) is 13.9. The van der Waals surface area contributed by atoms with Crippen molar-refractivity contribution in [3.63, 3.8) is 0 Å². The molecule has 1 unspecified atom stereocenters. The van der Waals surface area contributed by atoms with Crippen molar-refractivity contribution in [1.82, 2.24) is 5.32 Å². The Morgan fingerprint density at radius 1 is 0.750 bits per heavy atom. The van der Waals surface area contributed by atoms with E-state index in [1.54, 1.807) is 0 Å². The number of unbranched alkanes of at least 4 members (excludes halogenated alkanes) is 11. The average Bonchev–Trinajstić information content (AvgIpc) is 3.00. The highest BCUT2D eigenvalue weighted by Gasteiger charge is 2.50. The van der Waals surface area contributed by atoms with E-state index >= 15 is 0 Å². The van der Waals surface area contributed by atoms with Crippen LogP contribution in [0.4, 0.5) is 0 Å². The molecule has 0 aromatic heterocycles. The lowest BCUT2D eigenvalue weighted by atomic mass is 10.0. The standard InChI is InChI=1S/C38H59NO4Si/c1-33(43-44(38(2,3)4,34-27-21-18-22-28-34)35-29-23-19-24-30-35)26-20-16-14-12-10-8-6-5-7-9-11-13-15-17-25-31-36(40)39-32-37(41)42/h13,15,18-19,21-24,27-30,33H,5-12,14,16-17,20,25-26,31-32H2,1-4H3,(H,39,40)(H,41,42)/b15-13-. The van der Waals surface area contributed by atoms with Crippen molar-refractivity contribution < 1.29 is 19.1 Å². The van der Waals surface area contributed by atoms with E-state index in [0.717, 1.165) is 25.7 Å². The Morgan fingerprint density at radius 3 is 1.68 bits per heavy atom. The highest BCUT2D eigenvalue weighted by molar-refractivity contribution is 6.99. The number of nitrogens with one attached hydrogen (secondary N) is 1. The number of carbonyl (C=O) groups excluding carboxylic acids is 1. The minimum atomic E-state index is -2.46. The molecule has 0 fully saturated rings. The first-order chi connectivity index (χ1) is 21.2. The van der Waals surface area contributed by atoms with Gasteiger partial charge in [-0.25, -0.2) is 0 Å². The normalized spacial score (nSPS) is 12.8. The zero-order chi connectivity index (χ0) is 32.1. The number of allylic oxidation sites excluding steroid dienone is 2. The molecular weight excluding hydrogens is 563 g/mol. The molecule has 2 aromatic carbocycles. The van der Waals surface area contributed by atoms with Crippen LogP contribution in [0.5, 0.6) is 0 Å². The fourth-order valence-electron chi connectivity index (χ4n) is 6.04. The molecule has 0 aliphatic heterocycles. The summed E-state index contributed by atoms with van der Waals surface area (Å²) in [7, 11) is -2.46. The number of aliphatic carboxylic acids is 1. The van der Waals surface area contributed by atoms with E-state index in [2.05, 4.69) is 106 Å². The van der Waals surface area contributed by atoms with Gasteiger partial charge in [-0.3, -0.25) is 9.59 Å². The van der Waals surface area contributed by atoms with Crippen molar-refractivity contribution in [3.8, 4) is 0 Å². The van der Waals surface area contributed by atoms with Crippen LogP contribution in [0.25, 0.3) is 0 Å². The molecule has 0 bridgehead atoms. The first-order valence-electron chi connectivity index (χ1n) is 17.1. The van der Waals surface area contributed by atoms with Crippen molar-refractivity contribution in [1.29, 1.82) is 0 Å². The average molecular weight is 622 g/mol. The van der Waals surface area contributed by atoms with E-state index < -0.39 is 14.3 Å². The molecule has 44 heavy (non-hydrogen) atoms. The molecule has 0 aliphatic carbocycles. The van der Waals surface area contributed by atoms with Crippen molar-refractivity contribution in [2.75, 3.05) is 6.54 Å².